The van der Waals surface area contributed by atoms with Gasteiger partial charge in [0.05, 0.1) is 44.2 Å². The van der Waals surface area contributed by atoms with Crippen molar-refractivity contribution in [1.29, 1.82) is 0 Å². The predicted octanol–water partition coefficient (Wildman–Crippen LogP) is 0.283. The van der Waals surface area contributed by atoms with Crippen LogP contribution in [0.3, 0.4) is 0 Å². The lowest BCUT2D eigenvalue weighted by molar-refractivity contribution is -0.0435. The van der Waals surface area contributed by atoms with Gasteiger partial charge in [0.25, 0.3) is 0 Å². The second kappa shape index (κ2) is 16.2. The van der Waals surface area contributed by atoms with Crippen LogP contribution in [0.15, 0.2) is 0 Å². The Bertz CT molecular complexity index is 1270. The van der Waals surface area contributed by atoms with Crippen molar-refractivity contribution in [2.24, 2.45) is 0 Å². The summed E-state index contributed by atoms with van der Waals surface area (Å²) in [5.74, 6) is 0. The zero-order chi connectivity index (χ0) is 34.7. The molecule has 0 aliphatic carbocycles. The van der Waals surface area contributed by atoms with Gasteiger partial charge in [-0.3, -0.25) is 22.6 Å². The highest BCUT2D eigenvalue weighted by Crippen LogP contribution is 2.66. The molecule has 0 amide bonds. The first kappa shape index (κ1) is 40.9. The molecule has 0 saturated carbocycles. The molecule has 3 aliphatic rings. The van der Waals surface area contributed by atoms with E-state index in [2.05, 4.69) is 13.1 Å². The van der Waals surface area contributed by atoms with Crippen molar-refractivity contribution in [2.75, 3.05) is 26.5 Å². The number of hydrogen-bond acceptors (Lipinski definition) is 16. The van der Waals surface area contributed by atoms with Gasteiger partial charge in [0, 0.05) is 18.8 Å². The Morgan fingerprint density at radius 3 is 1.70 bits per heavy atom. The fourth-order valence-corrected chi connectivity index (χ4v) is 9.41. The van der Waals surface area contributed by atoms with Crippen LogP contribution in [0.2, 0.25) is 0 Å². The van der Waals surface area contributed by atoms with E-state index in [1.165, 1.54) is 0 Å². The second-order valence-corrected chi connectivity index (χ2v) is 17.4. The van der Waals surface area contributed by atoms with Gasteiger partial charge >= 0.3 is 39.1 Å². The molecule has 3 aliphatic heterocycles. The van der Waals surface area contributed by atoms with Crippen molar-refractivity contribution in [2.45, 2.75) is 81.0 Å². The van der Waals surface area contributed by atoms with Crippen LogP contribution in [0.1, 0.15) is 26.2 Å². The Hall–Kier alpha value is 0.465. The number of phosphoric ester groups is 3. The summed E-state index contributed by atoms with van der Waals surface area (Å²) in [5, 5.41) is 9.91. The quantitative estimate of drug-likeness (QED) is 0.0726. The predicted molar refractivity (Wildman–Crippen MR) is 144 cm³/mol. The first-order chi connectivity index (χ1) is 21.0. The average Bonchev–Trinajstić information content (AvgIpc) is 3.52. The van der Waals surface area contributed by atoms with Gasteiger partial charge in [-0.2, -0.15) is 8.62 Å². The molecule has 0 spiro atoms. The van der Waals surface area contributed by atoms with Gasteiger partial charge in [0.15, 0.2) is 0 Å². The molecule has 0 aromatic heterocycles. The largest absolute Gasteiger partial charge is 0.490 e. The molecule has 2 radical (unpaired) electrons. The minimum Gasteiger partial charge on any atom is -0.390 e. The Morgan fingerprint density at radius 2 is 1.20 bits per heavy atom. The summed E-state index contributed by atoms with van der Waals surface area (Å²) in [6.07, 6.45) is -9.51. The van der Waals surface area contributed by atoms with Crippen LogP contribution >= 0.6 is 39.1 Å². The zero-order valence-corrected chi connectivity index (χ0v) is 28.1. The molecule has 7 N–H and O–H groups in total. The zero-order valence-electron chi connectivity index (χ0n) is 23.6. The van der Waals surface area contributed by atoms with Gasteiger partial charge in [-0.1, -0.05) is 0 Å². The smallest absolute Gasteiger partial charge is 0.390 e. The molecule has 13 atom stereocenters. The monoisotopic (exact) mass is 774 g/mol. The number of ether oxygens (including phenoxy) is 3. The lowest BCUT2D eigenvalue weighted by atomic mass is 9.96. The standard InChI is InChI=1S/C17H33BFO22P5/c1-9-2-11(20)14(35-9)6-32-43(24,25)38-12-3-10(5-19)36-15(12)7-33-44(26,27)39-13-4-17(18)37-16(13)8-34-45(28,29)41-46(30,31)40-42(21,22)23/h9-17,20H,2-8H2,1H3,(H,24,25)(H,26,27)(H,28,29)(H,30,31)(H2,21,22,23)/t9-,10+,11-,12-,13-,14+,15+,16+,17+/m0/s1. The van der Waals surface area contributed by atoms with Gasteiger partial charge < -0.3 is 48.7 Å². The van der Waals surface area contributed by atoms with Gasteiger partial charge in [-0.05, 0) is 13.3 Å². The summed E-state index contributed by atoms with van der Waals surface area (Å²) in [6.45, 7) is -1.82. The normalized spacial score (nSPS) is 37.4. The lowest BCUT2D eigenvalue weighted by Gasteiger charge is -2.25. The maximum Gasteiger partial charge on any atom is 0.490 e. The number of halogens is 1. The van der Waals surface area contributed by atoms with Gasteiger partial charge in [0.1, 0.15) is 38.9 Å². The van der Waals surface area contributed by atoms with Gasteiger partial charge in [-0.15, -0.1) is 0 Å². The summed E-state index contributed by atoms with van der Waals surface area (Å²) < 4.78 is 120. The SMILES string of the molecule is [B][C@H]1C[C@H](OP(=O)(O)OC[C@H]2O[C@@H](CF)C[C@@H]2OP(=O)(O)OC[C@H]2O[C@@H](C)C[C@@H]2O)[C@@H](COP(=O)(O)OP(=O)(O)OP(=O)(O)O)O1. The number of aliphatic hydroxyl groups excluding tert-OH is 1. The summed E-state index contributed by atoms with van der Waals surface area (Å²) in [4.78, 5) is 56.4. The van der Waals surface area contributed by atoms with Crippen molar-refractivity contribution in [3.63, 3.8) is 0 Å². The highest BCUT2D eigenvalue weighted by molar-refractivity contribution is 7.66. The molecule has 46 heavy (non-hydrogen) atoms. The Kier molecular flexibility index (Phi) is 14.4. The van der Waals surface area contributed by atoms with Crippen LogP contribution in [-0.2, 0) is 68.3 Å². The Morgan fingerprint density at radius 1 is 0.696 bits per heavy atom. The topological polar surface area (TPSA) is 319 Å². The molecule has 3 rings (SSSR count). The molecular weight excluding hydrogens is 741 g/mol. The van der Waals surface area contributed by atoms with Crippen molar-refractivity contribution in [3.05, 3.63) is 0 Å². The van der Waals surface area contributed by atoms with E-state index in [1.807, 2.05) is 0 Å². The van der Waals surface area contributed by atoms with Crippen molar-refractivity contribution in [1.82, 2.24) is 0 Å². The van der Waals surface area contributed by atoms with E-state index >= 15 is 0 Å². The van der Waals surface area contributed by atoms with E-state index in [-0.39, 0.29) is 25.4 Å². The van der Waals surface area contributed by atoms with E-state index < -0.39 is 114 Å². The molecule has 4 unspecified atom stereocenters. The number of phosphoric acid groups is 5. The van der Waals surface area contributed by atoms with Gasteiger partial charge in [-0.25, -0.2) is 27.2 Å². The van der Waals surface area contributed by atoms with Crippen LogP contribution in [0.25, 0.3) is 0 Å². The highest BCUT2D eigenvalue weighted by atomic mass is 31.3. The first-order valence-electron chi connectivity index (χ1n) is 13.0. The van der Waals surface area contributed by atoms with E-state index in [4.69, 9.17) is 49.9 Å². The molecule has 22 nitrogen and oxygen atoms in total. The number of aliphatic hydroxyl groups is 1. The van der Waals surface area contributed by atoms with Crippen molar-refractivity contribution < 1.29 is 107 Å². The molecule has 0 aromatic rings. The average molecular weight is 774 g/mol. The fourth-order valence-electron chi connectivity index (χ4n) is 4.46. The molecule has 3 saturated heterocycles. The van der Waals surface area contributed by atoms with E-state index in [9.17, 15) is 51.9 Å². The third-order valence-electron chi connectivity index (χ3n) is 6.25. The number of hydrogen-bond donors (Lipinski definition) is 7. The molecular formula is C17H33BFO22P5. The molecule has 268 valence electrons. The lowest BCUT2D eigenvalue weighted by Crippen LogP contribution is -2.31. The third kappa shape index (κ3) is 13.6. The fraction of sp³-hybridized carbons (Fsp3) is 1.00. The summed E-state index contributed by atoms with van der Waals surface area (Å²) in [6, 6.07) is -1.20. The second-order valence-electron chi connectivity index (χ2n) is 10.1. The van der Waals surface area contributed by atoms with E-state index in [0.717, 1.165) is 0 Å². The minimum atomic E-state index is -5.82. The van der Waals surface area contributed by atoms with Gasteiger partial charge in [0.2, 0.25) is 0 Å². The number of alkyl halides is 1. The molecule has 0 bridgehead atoms. The Labute approximate surface area is 261 Å². The summed E-state index contributed by atoms with van der Waals surface area (Å²) >= 11 is 0. The van der Waals surface area contributed by atoms with Crippen LogP contribution < -0.4 is 0 Å². The summed E-state index contributed by atoms with van der Waals surface area (Å²) in [7, 11) is -21.4. The van der Waals surface area contributed by atoms with E-state index in [1.54, 1.807) is 6.92 Å². The van der Waals surface area contributed by atoms with Crippen LogP contribution in [0.4, 0.5) is 4.39 Å². The maximum absolute atomic E-state index is 13.3. The van der Waals surface area contributed by atoms with Crippen LogP contribution in [-0.4, -0.2) is 124 Å². The minimum absolute atomic E-state index is 0.273. The van der Waals surface area contributed by atoms with Crippen LogP contribution in [0.5, 0.6) is 0 Å². The molecule has 29 heteroatoms. The summed E-state index contributed by atoms with van der Waals surface area (Å²) in [5.41, 5.74) is 0. The van der Waals surface area contributed by atoms with E-state index in [0.29, 0.717) is 0 Å². The highest BCUT2D eigenvalue weighted by Gasteiger charge is 2.46. The number of rotatable bonds is 18. The first-order valence-corrected chi connectivity index (χ1v) is 20.5. The Balaban J connectivity index is 1.54. The van der Waals surface area contributed by atoms with Crippen molar-refractivity contribution >= 4 is 47.0 Å². The molecule has 3 heterocycles. The van der Waals surface area contributed by atoms with Crippen LogP contribution in [0, 0.1) is 0 Å². The third-order valence-corrected chi connectivity index (χ3v) is 12.1. The molecule has 3 fully saturated rings. The molecule has 0 aromatic carbocycles. The van der Waals surface area contributed by atoms with Crippen molar-refractivity contribution in [3.8, 4) is 0 Å². The maximum atomic E-state index is 13.3.